The topological polar surface area (TPSA) is 103 Å². The van der Waals surface area contributed by atoms with Gasteiger partial charge in [0.1, 0.15) is 12.4 Å². The van der Waals surface area contributed by atoms with Crippen molar-refractivity contribution in [1.82, 2.24) is 5.32 Å². The quantitative estimate of drug-likeness (QED) is 0.614. The van der Waals surface area contributed by atoms with Crippen LogP contribution in [0.15, 0.2) is 24.3 Å². The van der Waals surface area contributed by atoms with Gasteiger partial charge in [-0.05, 0) is 38.0 Å². The molecule has 27 heavy (non-hydrogen) atoms. The summed E-state index contributed by atoms with van der Waals surface area (Å²) in [5, 5.41) is 13.4. The zero-order valence-electron chi connectivity index (χ0n) is 15.9. The van der Waals surface area contributed by atoms with E-state index >= 15 is 0 Å². The summed E-state index contributed by atoms with van der Waals surface area (Å²) in [6, 6.07) is 7.11. The number of rotatable bonds is 9. The van der Waals surface area contributed by atoms with E-state index in [0.29, 0.717) is 12.4 Å². The fraction of sp³-hybridized carbons (Fsp3) is 0.579. The van der Waals surface area contributed by atoms with Crippen LogP contribution in [0.5, 0.6) is 5.75 Å². The maximum absolute atomic E-state index is 11.9. The third-order valence-electron chi connectivity index (χ3n) is 3.92. The largest absolute Gasteiger partial charge is 0.491 e. The summed E-state index contributed by atoms with van der Waals surface area (Å²) in [6.07, 6.45) is -0.834. The molecule has 1 heterocycles. The summed E-state index contributed by atoms with van der Waals surface area (Å²) in [6.45, 7) is 3.94. The number of cyclic esters (lactones) is 2. The summed E-state index contributed by atoms with van der Waals surface area (Å²) in [7, 11) is 1.65. The Kier molecular flexibility index (Phi) is 7.58. The lowest BCUT2D eigenvalue weighted by Gasteiger charge is -2.36. The van der Waals surface area contributed by atoms with E-state index in [2.05, 4.69) is 5.32 Å². The molecule has 1 atom stereocenters. The van der Waals surface area contributed by atoms with E-state index in [1.54, 1.807) is 33.1 Å². The van der Waals surface area contributed by atoms with Crippen LogP contribution in [0.25, 0.3) is 0 Å². The third kappa shape index (κ3) is 6.20. The number of aliphatic hydroxyl groups is 1. The maximum Gasteiger partial charge on any atom is 0.348 e. The minimum Gasteiger partial charge on any atom is -0.491 e. The number of carbonyl (C=O) groups excluding carboxylic acids is 2. The lowest BCUT2D eigenvalue weighted by Crippen LogP contribution is -2.63. The number of carbonyl (C=O) groups is 2. The molecule has 0 radical (unpaired) electrons. The Morgan fingerprint density at radius 3 is 2.26 bits per heavy atom. The fourth-order valence-corrected chi connectivity index (χ4v) is 2.62. The molecule has 1 aromatic carbocycles. The first kappa shape index (κ1) is 21.1. The van der Waals surface area contributed by atoms with E-state index < -0.39 is 24.0 Å². The van der Waals surface area contributed by atoms with Crippen molar-refractivity contribution in [2.75, 3.05) is 20.3 Å². The summed E-state index contributed by atoms with van der Waals surface area (Å²) >= 11 is 0. The standard InChI is InChI=1S/C19H27NO7/c1-13(2)20-19(26-17(22)8-9-18(23)27-19)16(21)12-25-15-6-4-14(5-7-15)10-11-24-3/h4-7,13,16,20-21H,8-12H2,1-3H3. The number of hydrogen-bond donors (Lipinski definition) is 2. The second kappa shape index (κ2) is 9.68. The number of methoxy groups -OCH3 is 1. The number of aliphatic hydroxyl groups excluding tert-OH is 1. The molecule has 1 saturated heterocycles. The smallest absolute Gasteiger partial charge is 0.348 e. The highest BCUT2D eigenvalue weighted by molar-refractivity contribution is 5.79. The second-order valence-corrected chi connectivity index (χ2v) is 6.63. The van der Waals surface area contributed by atoms with Crippen LogP contribution in [0.2, 0.25) is 0 Å². The van der Waals surface area contributed by atoms with Crippen molar-refractivity contribution in [3.8, 4) is 5.75 Å². The number of nitrogens with one attached hydrogen (secondary N) is 1. The maximum atomic E-state index is 11.9. The minimum absolute atomic E-state index is 0.100. The van der Waals surface area contributed by atoms with E-state index in [4.69, 9.17) is 18.9 Å². The molecular formula is C19H27NO7. The molecule has 0 aliphatic carbocycles. The zero-order chi connectivity index (χ0) is 19.9. The van der Waals surface area contributed by atoms with Crippen molar-refractivity contribution in [2.45, 2.75) is 51.2 Å². The van der Waals surface area contributed by atoms with Crippen molar-refractivity contribution in [2.24, 2.45) is 0 Å². The molecule has 2 rings (SSSR count). The average molecular weight is 381 g/mol. The van der Waals surface area contributed by atoms with Crippen molar-refractivity contribution < 1.29 is 33.6 Å². The highest BCUT2D eigenvalue weighted by Crippen LogP contribution is 2.24. The summed E-state index contributed by atoms with van der Waals surface area (Å²) in [5.74, 6) is -2.70. The Hall–Kier alpha value is -2.16. The lowest BCUT2D eigenvalue weighted by molar-refractivity contribution is -0.275. The first-order valence-electron chi connectivity index (χ1n) is 8.94. The van der Waals surface area contributed by atoms with Gasteiger partial charge in [-0.25, -0.2) is 5.32 Å². The van der Waals surface area contributed by atoms with Crippen LogP contribution in [0, 0.1) is 0 Å². The van der Waals surface area contributed by atoms with Crippen LogP contribution in [0.1, 0.15) is 32.3 Å². The van der Waals surface area contributed by atoms with Gasteiger partial charge in [0.2, 0.25) is 0 Å². The van der Waals surface area contributed by atoms with Gasteiger partial charge < -0.3 is 24.1 Å². The highest BCUT2D eigenvalue weighted by atomic mass is 16.8. The zero-order valence-corrected chi connectivity index (χ0v) is 15.9. The van der Waals surface area contributed by atoms with Crippen molar-refractivity contribution in [3.05, 3.63) is 29.8 Å². The van der Waals surface area contributed by atoms with Crippen molar-refractivity contribution in [3.63, 3.8) is 0 Å². The van der Waals surface area contributed by atoms with E-state index in [9.17, 15) is 14.7 Å². The van der Waals surface area contributed by atoms with E-state index in [-0.39, 0.29) is 25.5 Å². The predicted octanol–water partition coefficient (Wildman–Crippen LogP) is 1.15. The lowest BCUT2D eigenvalue weighted by atomic mass is 10.1. The molecule has 8 nitrogen and oxygen atoms in total. The number of esters is 2. The SMILES string of the molecule is COCCc1ccc(OCC(O)C2(NC(C)C)OC(=O)CCC(=O)O2)cc1. The monoisotopic (exact) mass is 381 g/mol. The summed E-state index contributed by atoms with van der Waals surface area (Å²) in [5.41, 5.74) is 1.09. The van der Waals surface area contributed by atoms with Gasteiger partial charge in [0.25, 0.3) is 0 Å². The molecule has 1 aliphatic heterocycles. The van der Waals surface area contributed by atoms with Gasteiger partial charge in [0, 0.05) is 13.2 Å². The first-order valence-corrected chi connectivity index (χ1v) is 8.94. The van der Waals surface area contributed by atoms with Gasteiger partial charge >= 0.3 is 17.8 Å². The molecule has 1 unspecified atom stereocenters. The second-order valence-electron chi connectivity index (χ2n) is 6.63. The molecular weight excluding hydrogens is 354 g/mol. The van der Waals surface area contributed by atoms with E-state index in [1.807, 2.05) is 12.1 Å². The van der Waals surface area contributed by atoms with E-state index in [0.717, 1.165) is 12.0 Å². The van der Waals surface area contributed by atoms with Gasteiger partial charge in [0.05, 0.1) is 19.4 Å². The van der Waals surface area contributed by atoms with Crippen LogP contribution in [-0.4, -0.2) is 55.4 Å². The number of benzene rings is 1. The van der Waals surface area contributed by atoms with Gasteiger partial charge in [-0.1, -0.05) is 12.1 Å². The first-order chi connectivity index (χ1) is 12.8. The third-order valence-corrected chi connectivity index (χ3v) is 3.92. The number of ether oxygens (including phenoxy) is 4. The molecule has 1 aromatic rings. The molecule has 0 bridgehead atoms. The van der Waals surface area contributed by atoms with Gasteiger partial charge in [0.15, 0.2) is 6.10 Å². The van der Waals surface area contributed by atoms with Crippen molar-refractivity contribution in [1.29, 1.82) is 0 Å². The molecule has 0 amide bonds. The summed E-state index contributed by atoms with van der Waals surface area (Å²) in [4.78, 5) is 23.7. The minimum atomic E-state index is -1.97. The van der Waals surface area contributed by atoms with Crippen LogP contribution in [0.4, 0.5) is 0 Å². The average Bonchev–Trinajstić information content (AvgIpc) is 2.76. The number of hydrogen-bond acceptors (Lipinski definition) is 8. The summed E-state index contributed by atoms with van der Waals surface area (Å²) < 4.78 is 21.1. The Balaban J connectivity index is 2.05. The Morgan fingerprint density at radius 1 is 1.15 bits per heavy atom. The molecule has 1 fully saturated rings. The van der Waals surface area contributed by atoms with E-state index in [1.165, 1.54) is 0 Å². The molecule has 8 heteroatoms. The Bertz CT molecular complexity index is 611. The van der Waals surface area contributed by atoms with Crippen LogP contribution >= 0.6 is 0 Å². The molecule has 2 N–H and O–H groups in total. The van der Waals surface area contributed by atoms with Gasteiger partial charge in [-0.3, -0.25) is 9.59 Å². The Labute approximate surface area is 158 Å². The van der Waals surface area contributed by atoms with Crippen LogP contribution < -0.4 is 10.1 Å². The molecule has 0 saturated carbocycles. The Morgan fingerprint density at radius 2 is 1.74 bits per heavy atom. The predicted molar refractivity (Wildman–Crippen MR) is 95.9 cm³/mol. The normalized spacial score (nSPS) is 17.8. The molecule has 0 spiro atoms. The highest BCUT2D eigenvalue weighted by Gasteiger charge is 2.48. The molecule has 1 aliphatic rings. The van der Waals surface area contributed by atoms with Gasteiger partial charge in [-0.15, -0.1) is 0 Å². The molecule has 0 aromatic heterocycles. The van der Waals surface area contributed by atoms with Gasteiger partial charge in [-0.2, -0.15) is 0 Å². The van der Waals surface area contributed by atoms with Crippen molar-refractivity contribution >= 4 is 11.9 Å². The van der Waals surface area contributed by atoms with Crippen LogP contribution in [-0.2, 0) is 30.2 Å². The fourth-order valence-electron chi connectivity index (χ4n) is 2.62. The van der Waals surface area contributed by atoms with Crippen LogP contribution in [0.3, 0.4) is 0 Å². The molecule has 150 valence electrons.